The molecule has 13 heavy (non-hydrogen) atoms. The van der Waals surface area contributed by atoms with Crippen LogP contribution in [-0.4, -0.2) is 10.9 Å². The van der Waals surface area contributed by atoms with Gasteiger partial charge in [-0.15, -0.1) is 0 Å². The van der Waals surface area contributed by atoms with Gasteiger partial charge >= 0.3 is 0 Å². The van der Waals surface area contributed by atoms with Gasteiger partial charge in [-0.1, -0.05) is 0 Å². The molecule has 0 N–H and O–H groups in total. The third-order valence-corrected chi connectivity index (χ3v) is 2.02. The average Bonchev–Trinajstić information content (AvgIpc) is 2.71. The zero-order valence-corrected chi connectivity index (χ0v) is 7.23. The van der Waals surface area contributed by atoms with Gasteiger partial charge in [-0.2, -0.15) is 0 Å². The predicted octanol–water partition coefficient (Wildman–Crippen LogP) is 2.10. The van der Waals surface area contributed by atoms with Crippen molar-refractivity contribution < 1.29 is 9.21 Å². The molecule has 0 aliphatic heterocycles. The molecule has 0 saturated heterocycles. The molecule has 3 heteroatoms. The molecule has 2 rings (SSSR count). The van der Waals surface area contributed by atoms with Gasteiger partial charge in [0.2, 0.25) is 0 Å². The number of aldehydes is 1. The van der Waals surface area contributed by atoms with E-state index in [9.17, 15) is 4.79 Å². The number of hydrogen-bond acceptors (Lipinski definition) is 2. The zero-order chi connectivity index (χ0) is 9.26. The van der Waals surface area contributed by atoms with Crippen LogP contribution < -0.4 is 0 Å². The Balaban J connectivity index is 2.58. The Kier molecular flexibility index (Phi) is 1.77. The highest BCUT2D eigenvalue weighted by Crippen LogP contribution is 2.23. The number of nitrogens with zero attached hydrogens (tertiary/aromatic N) is 1. The summed E-state index contributed by atoms with van der Waals surface area (Å²) in [5.74, 6) is 0.725. The fourth-order valence-electron chi connectivity index (χ4n) is 1.33. The van der Waals surface area contributed by atoms with Gasteiger partial charge in [-0.25, -0.2) is 0 Å². The summed E-state index contributed by atoms with van der Waals surface area (Å²) >= 11 is 0. The van der Waals surface area contributed by atoms with Crippen molar-refractivity contribution in [2.45, 2.75) is 0 Å². The van der Waals surface area contributed by atoms with E-state index >= 15 is 0 Å². The lowest BCUT2D eigenvalue weighted by atomic mass is 10.2. The van der Waals surface area contributed by atoms with Crippen molar-refractivity contribution >= 4 is 6.29 Å². The quantitative estimate of drug-likeness (QED) is 0.655. The summed E-state index contributed by atoms with van der Waals surface area (Å²) in [6.07, 6.45) is 4.26. The van der Waals surface area contributed by atoms with Crippen LogP contribution in [-0.2, 0) is 7.05 Å². The largest absolute Gasteiger partial charge is 0.464 e. The third kappa shape index (κ3) is 1.18. The monoisotopic (exact) mass is 175 g/mol. The van der Waals surface area contributed by atoms with Gasteiger partial charge in [0.05, 0.1) is 12.0 Å². The lowest BCUT2D eigenvalue weighted by molar-refractivity contribution is 0.111. The second-order valence-corrected chi connectivity index (χ2v) is 2.82. The summed E-state index contributed by atoms with van der Waals surface area (Å²) in [5, 5.41) is 0. The molecule has 3 nitrogen and oxygen atoms in total. The van der Waals surface area contributed by atoms with E-state index in [2.05, 4.69) is 0 Å². The minimum absolute atomic E-state index is 0.634. The smallest absolute Gasteiger partial charge is 0.167 e. The third-order valence-electron chi connectivity index (χ3n) is 2.02. The Hall–Kier alpha value is -1.77. The molecule has 0 bridgehead atoms. The molecule has 0 aromatic carbocycles. The van der Waals surface area contributed by atoms with Crippen LogP contribution in [0, 0.1) is 0 Å². The molecular formula is C10H9NO2. The van der Waals surface area contributed by atoms with Gasteiger partial charge in [-0.05, 0) is 18.2 Å². The van der Waals surface area contributed by atoms with E-state index in [0.717, 1.165) is 17.6 Å². The molecule has 0 saturated carbocycles. The average molecular weight is 175 g/mol. The first kappa shape index (κ1) is 7.86. The van der Waals surface area contributed by atoms with Gasteiger partial charge in [0.25, 0.3) is 0 Å². The maximum absolute atomic E-state index is 10.7. The summed E-state index contributed by atoms with van der Waals surface area (Å²) in [4.78, 5) is 10.7. The van der Waals surface area contributed by atoms with Crippen LogP contribution in [0.5, 0.6) is 0 Å². The van der Waals surface area contributed by atoms with E-state index in [1.54, 1.807) is 16.9 Å². The van der Waals surface area contributed by atoms with Crippen LogP contribution in [0.2, 0.25) is 0 Å². The molecule has 0 aliphatic rings. The first-order chi connectivity index (χ1) is 6.33. The maximum Gasteiger partial charge on any atom is 0.167 e. The zero-order valence-electron chi connectivity index (χ0n) is 7.23. The number of hydrogen-bond donors (Lipinski definition) is 0. The number of furan rings is 1. The van der Waals surface area contributed by atoms with Crippen LogP contribution >= 0.6 is 0 Å². The molecule has 0 fully saturated rings. The summed E-state index contributed by atoms with van der Waals surface area (Å²) < 4.78 is 6.97. The van der Waals surface area contributed by atoms with Crippen molar-refractivity contribution in [2.24, 2.45) is 7.05 Å². The van der Waals surface area contributed by atoms with Crippen LogP contribution in [0.4, 0.5) is 0 Å². The fourth-order valence-corrected chi connectivity index (χ4v) is 1.33. The normalized spacial score (nSPS) is 10.2. The number of carbonyl (C=O) groups is 1. The van der Waals surface area contributed by atoms with Gasteiger partial charge in [0, 0.05) is 18.8 Å². The molecule has 2 aromatic rings. The lowest BCUT2D eigenvalue weighted by Crippen LogP contribution is -1.93. The molecule has 2 aromatic heterocycles. The molecule has 0 unspecified atom stereocenters. The number of carbonyl (C=O) groups excluding carboxylic acids is 1. The van der Waals surface area contributed by atoms with E-state index in [4.69, 9.17) is 4.42 Å². The first-order valence-electron chi connectivity index (χ1n) is 3.97. The van der Waals surface area contributed by atoms with Crippen LogP contribution in [0.15, 0.2) is 35.1 Å². The van der Waals surface area contributed by atoms with Crippen molar-refractivity contribution in [3.8, 4) is 11.3 Å². The summed E-state index contributed by atoms with van der Waals surface area (Å²) in [6, 6.07) is 5.50. The maximum atomic E-state index is 10.7. The number of aryl methyl sites for hydroxylation is 1. The summed E-state index contributed by atoms with van der Waals surface area (Å²) in [5.41, 5.74) is 1.47. The van der Waals surface area contributed by atoms with Crippen molar-refractivity contribution in [3.63, 3.8) is 0 Å². The van der Waals surface area contributed by atoms with Gasteiger partial charge in [0.1, 0.15) is 5.76 Å². The van der Waals surface area contributed by atoms with Crippen LogP contribution in [0.25, 0.3) is 11.3 Å². The minimum atomic E-state index is 0.634. The number of aromatic nitrogens is 1. The van der Waals surface area contributed by atoms with Gasteiger partial charge in [0.15, 0.2) is 6.29 Å². The van der Waals surface area contributed by atoms with E-state index in [1.807, 2.05) is 25.4 Å². The predicted molar refractivity (Wildman–Crippen MR) is 48.5 cm³/mol. The second kappa shape index (κ2) is 2.94. The van der Waals surface area contributed by atoms with E-state index in [0.29, 0.717) is 5.69 Å². The Morgan fingerprint density at radius 1 is 1.46 bits per heavy atom. The van der Waals surface area contributed by atoms with E-state index in [1.165, 1.54) is 0 Å². The minimum Gasteiger partial charge on any atom is -0.464 e. The molecule has 0 spiro atoms. The Labute approximate surface area is 75.6 Å². The van der Waals surface area contributed by atoms with Crippen molar-refractivity contribution in [1.29, 1.82) is 0 Å². The molecule has 66 valence electrons. The van der Waals surface area contributed by atoms with Crippen LogP contribution in [0.1, 0.15) is 10.5 Å². The van der Waals surface area contributed by atoms with Crippen molar-refractivity contribution in [1.82, 2.24) is 4.57 Å². The highest BCUT2D eigenvalue weighted by Gasteiger charge is 2.09. The second-order valence-electron chi connectivity index (χ2n) is 2.82. The lowest BCUT2D eigenvalue weighted by Gasteiger charge is -1.96. The number of rotatable bonds is 2. The topological polar surface area (TPSA) is 35.1 Å². The van der Waals surface area contributed by atoms with E-state index < -0.39 is 0 Å². The van der Waals surface area contributed by atoms with Gasteiger partial charge in [-0.3, -0.25) is 4.79 Å². The summed E-state index contributed by atoms with van der Waals surface area (Å²) in [6.45, 7) is 0. The van der Waals surface area contributed by atoms with Crippen molar-refractivity contribution in [2.75, 3.05) is 0 Å². The molecule has 2 heterocycles. The summed E-state index contributed by atoms with van der Waals surface area (Å²) in [7, 11) is 1.83. The Morgan fingerprint density at radius 2 is 2.31 bits per heavy atom. The van der Waals surface area contributed by atoms with Gasteiger partial charge < -0.3 is 8.98 Å². The van der Waals surface area contributed by atoms with Crippen molar-refractivity contribution in [3.05, 3.63) is 36.4 Å². The van der Waals surface area contributed by atoms with E-state index in [-0.39, 0.29) is 0 Å². The Morgan fingerprint density at radius 3 is 2.92 bits per heavy atom. The highest BCUT2D eigenvalue weighted by atomic mass is 16.3. The highest BCUT2D eigenvalue weighted by molar-refractivity contribution is 5.84. The first-order valence-corrected chi connectivity index (χ1v) is 3.97. The molecule has 0 amide bonds. The SMILES string of the molecule is Cn1ccc(-c2ccco2)c1C=O. The molecule has 0 atom stereocenters. The molecular weight excluding hydrogens is 166 g/mol. The molecule has 0 radical (unpaired) electrons. The molecule has 0 aliphatic carbocycles. The Bertz CT molecular complexity index is 412. The van der Waals surface area contributed by atoms with Crippen LogP contribution in [0.3, 0.4) is 0 Å². The fraction of sp³-hybridized carbons (Fsp3) is 0.100. The standard InChI is InChI=1S/C10H9NO2/c1-11-5-4-8(9(11)7-12)10-3-2-6-13-10/h2-7H,1H3.